The van der Waals surface area contributed by atoms with E-state index in [9.17, 15) is 4.79 Å². The molecule has 0 saturated carbocycles. The topological polar surface area (TPSA) is 76.1 Å². The zero-order valence-corrected chi connectivity index (χ0v) is 15.8. The van der Waals surface area contributed by atoms with Crippen LogP contribution >= 0.6 is 0 Å². The first-order valence-corrected chi connectivity index (χ1v) is 9.13. The van der Waals surface area contributed by atoms with E-state index in [-0.39, 0.29) is 5.91 Å². The Morgan fingerprint density at radius 2 is 2.00 bits per heavy atom. The Morgan fingerprint density at radius 3 is 2.77 bits per heavy atom. The minimum atomic E-state index is -0.185. The van der Waals surface area contributed by atoms with Gasteiger partial charge in [0.05, 0.1) is 7.11 Å². The van der Waals surface area contributed by atoms with E-state index < -0.39 is 0 Å². The molecule has 1 amide bonds. The lowest BCUT2D eigenvalue weighted by atomic mass is 10.1. The second-order valence-electron chi connectivity index (χ2n) is 6.18. The van der Waals surface area contributed by atoms with Gasteiger partial charge in [0.1, 0.15) is 23.1 Å². The Hall–Kier alpha value is -2.63. The summed E-state index contributed by atoms with van der Waals surface area (Å²) in [6.45, 7) is 5.35. The van der Waals surface area contributed by atoms with Crippen molar-refractivity contribution in [3.8, 4) is 5.75 Å². The molecule has 1 aromatic heterocycles. The summed E-state index contributed by atoms with van der Waals surface area (Å²) >= 11 is 0. The van der Waals surface area contributed by atoms with E-state index in [1.165, 1.54) is 12.8 Å². The summed E-state index contributed by atoms with van der Waals surface area (Å²) in [7, 11) is 1.65. The number of anilines is 1. The molecule has 1 heterocycles. The molecule has 0 atom stereocenters. The lowest BCUT2D eigenvalue weighted by Crippen LogP contribution is -2.27. The van der Waals surface area contributed by atoms with E-state index in [0.29, 0.717) is 23.9 Å². The number of ether oxygens (including phenoxy) is 1. The van der Waals surface area contributed by atoms with Crippen molar-refractivity contribution in [1.82, 2.24) is 15.3 Å². The van der Waals surface area contributed by atoms with E-state index in [1.807, 2.05) is 24.3 Å². The number of carbonyl (C=O) groups is 1. The van der Waals surface area contributed by atoms with Crippen molar-refractivity contribution in [2.45, 2.75) is 39.5 Å². The molecular weight excluding hydrogens is 328 g/mol. The first kappa shape index (κ1) is 19.7. The Bertz CT molecular complexity index is 719. The maximum atomic E-state index is 12.4. The molecule has 2 rings (SSSR count). The summed E-state index contributed by atoms with van der Waals surface area (Å²) in [5, 5.41) is 6.18. The molecule has 2 N–H and O–H groups in total. The second-order valence-corrected chi connectivity index (χ2v) is 6.18. The smallest absolute Gasteiger partial charge is 0.270 e. The number of unbranched alkanes of at least 4 members (excludes halogenated alkanes) is 2. The van der Waals surface area contributed by atoms with Crippen molar-refractivity contribution in [2.75, 3.05) is 25.5 Å². The fourth-order valence-corrected chi connectivity index (χ4v) is 2.60. The van der Waals surface area contributed by atoms with Crippen LogP contribution in [0.25, 0.3) is 0 Å². The molecular formula is C20H28N4O2. The predicted octanol–water partition coefficient (Wildman–Crippen LogP) is 3.37. The van der Waals surface area contributed by atoms with Crippen LogP contribution in [0.5, 0.6) is 5.75 Å². The lowest BCUT2D eigenvalue weighted by Gasteiger charge is -2.09. The molecule has 0 unspecified atom stereocenters. The predicted molar refractivity (Wildman–Crippen MR) is 104 cm³/mol. The minimum absolute atomic E-state index is 0.185. The van der Waals surface area contributed by atoms with Crippen molar-refractivity contribution in [2.24, 2.45) is 0 Å². The SMILES string of the molecule is CCCCCNc1cc(C(=O)NCCc2cccc(OC)c2)nc(C)n1. The van der Waals surface area contributed by atoms with E-state index in [4.69, 9.17) is 4.74 Å². The third kappa shape index (κ3) is 6.35. The van der Waals surface area contributed by atoms with Crippen molar-refractivity contribution < 1.29 is 9.53 Å². The number of nitrogens with one attached hydrogen (secondary N) is 2. The molecule has 140 valence electrons. The monoisotopic (exact) mass is 356 g/mol. The van der Waals surface area contributed by atoms with Crippen LogP contribution in [-0.4, -0.2) is 36.1 Å². The van der Waals surface area contributed by atoms with Gasteiger partial charge in [-0.05, 0) is 37.5 Å². The molecule has 26 heavy (non-hydrogen) atoms. The van der Waals surface area contributed by atoms with Crippen LogP contribution < -0.4 is 15.4 Å². The molecule has 0 bridgehead atoms. The summed E-state index contributed by atoms with van der Waals surface area (Å²) in [4.78, 5) is 21.0. The number of methoxy groups -OCH3 is 1. The number of nitrogens with zero attached hydrogens (tertiary/aromatic N) is 2. The number of hydrogen-bond acceptors (Lipinski definition) is 5. The fourth-order valence-electron chi connectivity index (χ4n) is 2.60. The Kier molecular flexibility index (Phi) is 7.86. The molecule has 6 heteroatoms. The highest BCUT2D eigenvalue weighted by atomic mass is 16.5. The molecule has 0 spiro atoms. The summed E-state index contributed by atoms with van der Waals surface area (Å²) in [5.74, 6) is 1.92. The van der Waals surface area contributed by atoms with Crippen LogP contribution in [-0.2, 0) is 6.42 Å². The van der Waals surface area contributed by atoms with Gasteiger partial charge < -0.3 is 15.4 Å². The number of aromatic nitrogens is 2. The van der Waals surface area contributed by atoms with E-state index in [0.717, 1.165) is 30.7 Å². The van der Waals surface area contributed by atoms with Gasteiger partial charge in [-0.1, -0.05) is 31.9 Å². The number of rotatable bonds is 10. The van der Waals surface area contributed by atoms with Gasteiger partial charge in [-0.3, -0.25) is 4.79 Å². The zero-order valence-electron chi connectivity index (χ0n) is 15.8. The quantitative estimate of drug-likeness (QED) is 0.638. The van der Waals surface area contributed by atoms with Crippen LogP contribution in [0.1, 0.15) is 48.1 Å². The van der Waals surface area contributed by atoms with Gasteiger partial charge in [0.15, 0.2) is 0 Å². The van der Waals surface area contributed by atoms with Gasteiger partial charge in [-0.25, -0.2) is 9.97 Å². The fraction of sp³-hybridized carbons (Fsp3) is 0.450. The van der Waals surface area contributed by atoms with Gasteiger partial charge >= 0.3 is 0 Å². The summed E-state index contributed by atoms with van der Waals surface area (Å²) in [5.41, 5.74) is 1.50. The van der Waals surface area contributed by atoms with E-state index >= 15 is 0 Å². The number of carbonyl (C=O) groups excluding carboxylic acids is 1. The highest BCUT2D eigenvalue weighted by Crippen LogP contribution is 2.13. The molecule has 0 aliphatic carbocycles. The summed E-state index contributed by atoms with van der Waals surface area (Å²) < 4.78 is 5.21. The van der Waals surface area contributed by atoms with Crippen molar-refractivity contribution >= 4 is 11.7 Å². The van der Waals surface area contributed by atoms with Gasteiger partial charge in [-0.15, -0.1) is 0 Å². The molecule has 0 fully saturated rings. The largest absolute Gasteiger partial charge is 0.497 e. The maximum absolute atomic E-state index is 12.4. The number of aryl methyl sites for hydroxylation is 1. The van der Waals surface area contributed by atoms with Crippen molar-refractivity contribution in [1.29, 1.82) is 0 Å². The molecule has 0 radical (unpaired) electrons. The third-order valence-corrected chi connectivity index (χ3v) is 3.99. The molecule has 2 aromatic rings. The van der Waals surface area contributed by atoms with Gasteiger partial charge in [0.25, 0.3) is 5.91 Å². The maximum Gasteiger partial charge on any atom is 0.270 e. The van der Waals surface area contributed by atoms with Crippen LogP contribution in [0.4, 0.5) is 5.82 Å². The van der Waals surface area contributed by atoms with Crippen LogP contribution in [0.2, 0.25) is 0 Å². The van der Waals surface area contributed by atoms with E-state index in [2.05, 4.69) is 27.5 Å². The number of hydrogen-bond donors (Lipinski definition) is 2. The highest BCUT2D eigenvalue weighted by molar-refractivity contribution is 5.92. The third-order valence-electron chi connectivity index (χ3n) is 3.99. The molecule has 0 saturated heterocycles. The summed E-state index contributed by atoms with van der Waals surface area (Å²) in [6, 6.07) is 9.54. The molecule has 0 aliphatic rings. The van der Waals surface area contributed by atoms with Crippen LogP contribution in [0.3, 0.4) is 0 Å². The van der Waals surface area contributed by atoms with Gasteiger partial charge in [0, 0.05) is 19.2 Å². The standard InChI is InChI=1S/C20H28N4O2/c1-4-5-6-11-21-19-14-18(23-15(2)24-19)20(25)22-12-10-16-8-7-9-17(13-16)26-3/h7-9,13-14H,4-6,10-12H2,1-3H3,(H,22,25)(H,21,23,24). The molecule has 6 nitrogen and oxygen atoms in total. The van der Waals surface area contributed by atoms with Crippen molar-refractivity contribution in [3.05, 3.63) is 47.4 Å². The van der Waals surface area contributed by atoms with E-state index in [1.54, 1.807) is 20.1 Å². The van der Waals surface area contributed by atoms with Crippen LogP contribution in [0.15, 0.2) is 30.3 Å². The number of amides is 1. The number of benzene rings is 1. The molecule has 1 aromatic carbocycles. The molecule has 0 aliphatic heterocycles. The van der Waals surface area contributed by atoms with Crippen LogP contribution in [0, 0.1) is 6.92 Å². The van der Waals surface area contributed by atoms with Gasteiger partial charge in [0.2, 0.25) is 0 Å². The minimum Gasteiger partial charge on any atom is -0.497 e. The Labute approximate surface area is 155 Å². The summed E-state index contributed by atoms with van der Waals surface area (Å²) in [6.07, 6.45) is 4.16. The second kappa shape index (κ2) is 10.4. The average molecular weight is 356 g/mol. The lowest BCUT2D eigenvalue weighted by molar-refractivity contribution is 0.0949. The average Bonchev–Trinajstić information content (AvgIpc) is 2.65. The van der Waals surface area contributed by atoms with Gasteiger partial charge in [-0.2, -0.15) is 0 Å². The zero-order chi connectivity index (χ0) is 18.8. The highest BCUT2D eigenvalue weighted by Gasteiger charge is 2.10. The Morgan fingerprint density at radius 1 is 1.15 bits per heavy atom. The first-order chi connectivity index (χ1) is 12.6. The first-order valence-electron chi connectivity index (χ1n) is 9.13. The van der Waals surface area contributed by atoms with Crippen molar-refractivity contribution in [3.63, 3.8) is 0 Å². The normalized spacial score (nSPS) is 10.4. The Balaban J connectivity index is 1.88.